The van der Waals surface area contributed by atoms with Crippen molar-refractivity contribution < 1.29 is 9.21 Å². The molecular formula is C14H18BrClN2O2. The second-order valence-electron chi connectivity index (χ2n) is 4.45. The van der Waals surface area contributed by atoms with Crippen molar-refractivity contribution >= 4 is 45.2 Å². The molecule has 1 aromatic heterocycles. The lowest BCUT2D eigenvalue weighted by Crippen LogP contribution is -2.25. The molecule has 2 rings (SSSR count). The van der Waals surface area contributed by atoms with Gasteiger partial charge in [-0.05, 0) is 44.5 Å². The number of rotatable bonds is 5. The van der Waals surface area contributed by atoms with Crippen LogP contribution in [0.3, 0.4) is 0 Å². The van der Waals surface area contributed by atoms with Crippen molar-refractivity contribution in [2.75, 3.05) is 13.1 Å². The molecule has 6 heteroatoms. The van der Waals surface area contributed by atoms with Crippen LogP contribution < -0.4 is 11.1 Å². The highest BCUT2D eigenvalue weighted by atomic mass is 79.9. The second kappa shape index (κ2) is 7.67. The summed E-state index contributed by atoms with van der Waals surface area (Å²) in [7, 11) is 0. The topological polar surface area (TPSA) is 68.3 Å². The molecule has 2 aromatic rings. The zero-order chi connectivity index (χ0) is 13.8. The molecule has 0 aliphatic rings. The van der Waals surface area contributed by atoms with Gasteiger partial charge in [0.25, 0.3) is 5.91 Å². The molecule has 1 aromatic carbocycles. The quantitative estimate of drug-likeness (QED) is 0.802. The van der Waals surface area contributed by atoms with E-state index in [2.05, 4.69) is 21.2 Å². The highest BCUT2D eigenvalue weighted by Gasteiger charge is 2.17. The summed E-state index contributed by atoms with van der Waals surface area (Å²) in [6.45, 7) is 3.16. The highest BCUT2D eigenvalue weighted by Crippen LogP contribution is 2.27. The lowest BCUT2D eigenvalue weighted by Gasteiger charge is -2.02. The number of benzene rings is 1. The summed E-state index contributed by atoms with van der Waals surface area (Å²) < 4.78 is 6.59. The van der Waals surface area contributed by atoms with Crippen LogP contribution in [0.2, 0.25) is 0 Å². The van der Waals surface area contributed by atoms with E-state index in [0.717, 1.165) is 33.8 Å². The number of carbonyl (C=O) groups is 1. The normalized spacial score (nSPS) is 10.3. The minimum atomic E-state index is -0.165. The summed E-state index contributed by atoms with van der Waals surface area (Å²) in [6.07, 6.45) is 1.79. The van der Waals surface area contributed by atoms with Crippen LogP contribution in [0.25, 0.3) is 11.0 Å². The first-order valence-electron chi connectivity index (χ1n) is 6.30. The Labute approximate surface area is 132 Å². The second-order valence-corrected chi connectivity index (χ2v) is 5.36. The van der Waals surface area contributed by atoms with Crippen molar-refractivity contribution in [2.45, 2.75) is 19.8 Å². The molecule has 1 heterocycles. The van der Waals surface area contributed by atoms with Crippen LogP contribution in [0.15, 0.2) is 27.1 Å². The molecule has 0 saturated heterocycles. The Morgan fingerprint density at radius 3 is 2.85 bits per heavy atom. The number of furan rings is 1. The minimum Gasteiger partial charge on any atom is -0.451 e. The predicted octanol–water partition coefficient (Wildman–Crippen LogP) is 3.39. The Bertz CT molecular complexity index is 598. The molecule has 0 aliphatic carbocycles. The Morgan fingerprint density at radius 2 is 2.15 bits per heavy atom. The van der Waals surface area contributed by atoms with E-state index in [1.165, 1.54) is 0 Å². The van der Waals surface area contributed by atoms with Gasteiger partial charge in [-0.15, -0.1) is 12.4 Å². The van der Waals surface area contributed by atoms with Gasteiger partial charge in [-0.3, -0.25) is 4.79 Å². The van der Waals surface area contributed by atoms with Gasteiger partial charge in [-0.2, -0.15) is 0 Å². The molecular weight excluding hydrogens is 344 g/mol. The van der Waals surface area contributed by atoms with Crippen molar-refractivity contribution in [3.63, 3.8) is 0 Å². The fourth-order valence-electron chi connectivity index (χ4n) is 1.96. The van der Waals surface area contributed by atoms with Crippen LogP contribution in [-0.2, 0) is 0 Å². The standard InChI is InChI=1S/C14H17BrN2O2.ClH/c1-9-11-8-10(15)4-5-12(11)19-13(9)14(18)17-7-3-2-6-16;/h4-5,8H,2-3,6-7,16H2,1H3,(H,17,18);1H. The molecule has 110 valence electrons. The van der Waals surface area contributed by atoms with Crippen molar-refractivity contribution in [1.29, 1.82) is 0 Å². The smallest absolute Gasteiger partial charge is 0.287 e. The SMILES string of the molecule is Cc1c(C(=O)NCCCCN)oc2ccc(Br)cc12.Cl. The molecule has 0 spiro atoms. The number of halogens is 2. The van der Waals surface area contributed by atoms with Crippen LogP contribution >= 0.6 is 28.3 Å². The number of hydrogen-bond acceptors (Lipinski definition) is 3. The summed E-state index contributed by atoms with van der Waals surface area (Å²) in [5, 5.41) is 3.81. The Hall–Kier alpha value is -1.04. The zero-order valence-corrected chi connectivity index (χ0v) is 13.6. The molecule has 0 fully saturated rings. The van der Waals surface area contributed by atoms with Gasteiger partial charge in [-0.1, -0.05) is 15.9 Å². The van der Waals surface area contributed by atoms with Gasteiger partial charge in [-0.25, -0.2) is 0 Å². The molecule has 0 radical (unpaired) electrons. The first-order chi connectivity index (χ1) is 9.13. The van der Waals surface area contributed by atoms with Crippen LogP contribution in [0, 0.1) is 6.92 Å². The van der Waals surface area contributed by atoms with Gasteiger partial charge in [0.15, 0.2) is 5.76 Å². The lowest BCUT2D eigenvalue weighted by atomic mass is 10.1. The summed E-state index contributed by atoms with van der Waals surface area (Å²) in [6, 6.07) is 5.71. The van der Waals surface area contributed by atoms with E-state index < -0.39 is 0 Å². The summed E-state index contributed by atoms with van der Waals surface area (Å²) in [4.78, 5) is 12.0. The van der Waals surface area contributed by atoms with Crippen molar-refractivity contribution in [3.8, 4) is 0 Å². The number of fused-ring (bicyclic) bond motifs is 1. The van der Waals surface area contributed by atoms with Gasteiger partial charge >= 0.3 is 0 Å². The lowest BCUT2D eigenvalue weighted by molar-refractivity contribution is 0.0926. The van der Waals surface area contributed by atoms with Gasteiger partial charge in [0, 0.05) is 22.0 Å². The fraction of sp³-hybridized carbons (Fsp3) is 0.357. The predicted molar refractivity (Wildman–Crippen MR) is 86.5 cm³/mol. The number of aryl methyl sites for hydroxylation is 1. The maximum atomic E-state index is 12.0. The van der Waals surface area contributed by atoms with Gasteiger partial charge < -0.3 is 15.5 Å². The van der Waals surface area contributed by atoms with E-state index in [1.54, 1.807) is 0 Å². The molecule has 4 nitrogen and oxygen atoms in total. The molecule has 0 atom stereocenters. The van der Waals surface area contributed by atoms with Gasteiger partial charge in [0.2, 0.25) is 0 Å². The van der Waals surface area contributed by atoms with E-state index >= 15 is 0 Å². The highest BCUT2D eigenvalue weighted by molar-refractivity contribution is 9.10. The number of carbonyl (C=O) groups excluding carboxylic acids is 1. The third-order valence-electron chi connectivity index (χ3n) is 3.02. The average Bonchev–Trinajstić information content (AvgIpc) is 2.72. The zero-order valence-electron chi connectivity index (χ0n) is 11.2. The third-order valence-corrected chi connectivity index (χ3v) is 3.51. The molecule has 0 bridgehead atoms. The van der Waals surface area contributed by atoms with Crippen LogP contribution in [0.5, 0.6) is 0 Å². The molecule has 20 heavy (non-hydrogen) atoms. The van der Waals surface area contributed by atoms with Crippen molar-refractivity contribution in [2.24, 2.45) is 5.73 Å². The van der Waals surface area contributed by atoms with Gasteiger partial charge in [0.05, 0.1) is 0 Å². The average molecular weight is 362 g/mol. The number of nitrogens with two attached hydrogens (primary N) is 1. The van der Waals surface area contributed by atoms with Crippen LogP contribution in [0.1, 0.15) is 29.0 Å². The summed E-state index contributed by atoms with van der Waals surface area (Å²) in [5.74, 6) is 0.225. The van der Waals surface area contributed by atoms with E-state index in [9.17, 15) is 4.79 Å². The first kappa shape index (κ1) is 17.0. The Kier molecular flexibility index (Phi) is 6.52. The maximum Gasteiger partial charge on any atom is 0.287 e. The van der Waals surface area contributed by atoms with E-state index in [1.807, 2.05) is 25.1 Å². The first-order valence-corrected chi connectivity index (χ1v) is 7.09. The molecule has 0 aliphatic heterocycles. The van der Waals surface area contributed by atoms with E-state index in [4.69, 9.17) is 10.2 Å². The maximum absolute atomic E-state index is 12.0. The van der Waals surface area contributed by atoms with Crippen LogP contribution in [-0.4, -0.2) is 19.0 Å². The van der Waals surface area contributed by atoms with Gasteiger partial charge in [0.1, 0.15) is 5.58 Å². The molecule has 0 saturated carbocycles. The summed E-state index contributed by atoms with van der Waals surface area (Å²) in [5.41, 5.74) is 7.01. The molecule has 1 amide bonds. The Balaban J connectivity index is 0.00000200. The number of amides is 1. The monoisotopic (exact) mass is 360 g/mol. The third kappa shape index (κ3) is 3.75. The number of unbranched alkanes of at least 4 members (excludes halogenated alkanes) is 1. The van der Waals surface area contributed by atoms with Crippen molar-refractivity contribution in [3.05, 3.63) is 34.0 Å². The largest absolute Gasteiger partial charge is 0.451 e. The summed E-state index contributed by atoms with van der Waals surface area (Å²) >= 11 is 3.42. The number of nitrogens with one attached hydrogen (secondary N) is 1. The molecule has 3 N–H and O–H groups in total. The molecule has 0 unspecified atom stereocenters. The number of hydrogen-bond donors (Lipinski definition) is 2. The minimum absolute atomic E-state index is 0. The van der Waals surface area contributed by atoms with Crippen molar-refractivity contribution in [1.82, 2.24) is 5.32 Å². The van der Waals surface area contributed by atoms with E-state index in [-0.39, 0.29) is 18.3 Å². The van der Waals surface area contributed by atoms with E-state index in [0.29, 0.717) is 18.8 Å². The Morgan fingerprint density at radius 1 is 1.40 bits per heavy atom. The fourth-order valence-corrected chi connectivity index (χ4v) is 2.32. The van der Waals surface area contributed by atoms with Crippen LogP contribution in [0.4, 0.5) is 0 Å².